The number of hydrogen-bond donors (Lipinski definition) is 1. The molecule has 0 atom stereocenters. The molecule has 0 amide bonds. The molecular weight excluding hydrogens is 306 g/mol. The molecule has 0 aliphatic carbocycles. The topological polar surface area (TPSA) is 21.3 Å². The summed E-state index contributed by atoms with van der Waals surface area (Å²) in [5, 5.41) is 3.39. The van der Waals surface area contributed by atoms with Crippen LogP contribution in [-0.2, 0) is 4.74 Å². The van der Waals surface area contributed by atoms with Gasteiger partial charge >= 0.3 is 0 Å². The first-order valence-electron chi connectivity index (χ1n) is 11.8. The van der Waals surface area contributed by atoms with Crippen molar-refractivity contribution in [2.75, 3.05) is 19.7 Å². The minimum absolute atomic E-state index is 0.539. The van der Waals surface area contributed by atoms with E-state index in [0.717, 1.165) is 19.7 Å². The van der Waals surface area contributed by atoms with Crippen LogP contribution >= 0.6 is 0 Å². The highest BCUT2D eigenvalue weighted by molar-refractivity contribution is 4.67. The zero-order valence-corrected chi connectivity index (χ0v) is 17.3. The van der Waals surface area contributed by atoms with E-state index in [2.05, 4.69) is 12.2 Å². The van der Waals surface area contributed by atoms with Crippen LogP contribution in [0.1, 0.15) is 122 Å². The summed E-state index contributed by atoms with van der Waals surface area (Å²) < 4.78 is 5.96. The van der Waals surface area contributed by atoms with Crippen molar-refractivity contribution < 1.29 is 4.74 Å². The van der Waals surface area contributed by atoms with Crippen molar-refractivity contribution in [1.82, 2.24) is 5.32 Å². The molecule has 1 heterocycles. The molecule has 1 fully saturated rings. The lowest BCUT2D eigenvalue weighted by Crippen LogP contribution is -2.32. The zero-order valence-electron chi connectivity index (χ0n) is 17.3. The molecular formula is C23H47NO. The first-order valence-corrected chi connectivity index (χ1v) is 11.8. The molecule has 1 aliphatic heterocycles. The summed E-state index contributed by atoms with van der Waals surface area (Å²) >= 11 is 0. The summed E-state index contributed by atoms with van der Waals surface area (Å²) in [6.07, 6.45) is 25.9. The van der Waals surface area contributed by atoms with Gasteiger partial charge in [0.05, 0.1) is 6.10 Å². The van der Waals surface area contributed by atoms with Crippen molar-refractivity contribution in [3.8, 4) is 0 Å². The molecule has 0 spiro atoms. The van der Waals surface area contributed by atoms with E-state index in [9.17, 15) is 0 Å². The molecule has 1 aliphatic rings. The zero-order chi connectivity index (χ0) is 17.8. The fourth-order valence-electron chi connectivity index (χ4n) is 3.86. The van der Waals surface area contributed by atoms with Crippen LogP contribution in [-0.4, -0.2) is 25.8 Å². The van der Waals surface area contributed by atoms with Gasteiger partial charge in [-0.15, -0.1) is 0 Å². The third kappa shape index (κ3) is 15.9. The molecule has 25 heavy (non-hydrogen) atoms. The maximum atomic E-state index is 5.96. The second-order valence-corrected chi connectivity index (χ2v) is 8.12. The van der Waals surface area contributed by atoms with E-state index in [0.29, 0.717) is 6.10 Å². The van der Waals surface area contributed by atoms with Crippen molar-refractivity contribution in [2.24, 2.45) is 0 Å². The Morgan fingerprint density at radius 3 is 1.44 bits per heavy atom. The summed E-state index contributed by atoms with van der Waals surface area (Å²) in [6, 6.07) is 0. The molecule has 0 aromatic heterocycles. The van der Waals surface area contributed by atoms with Crippen LogP contribution in [0.3, 0.4) is 0 Å². The van der Waals surface area contributed by atoms with Gasteiger partial charge in [-0.05, 0) is 32.4 Å². The van der Waals surface area contributed by atoms with Gasteiger partial charge in [-0.1, -0.05) is 103 Å². The fourth-order valence-corrected chi connectivity index (χ4v) is 3.86. The van der Waals surface area contributed by atoms with Crippen molar-refractivity contribution in [2.45, 2.75) is 129 Å². The van der Waals surface area contributed by atoms with Crippen molar-refractivity contribution in [3.63, 3.8) is 0 Å². The standard InChI is InChI=1S/C23H47NO/c1-2-3-4-5-6-7-8-9-10-11-12-13-14-15-16-17-22-25-23-18-20-24-21-19-23/h23-24H,2-22H2,1H3. The third-order valence-electron chi connectivity index (χ3n) is 5.64. The number of nitrogens with one attached hydrogen (secondary N) is 1. The highest BCUT2D eigenvalue weighted by Gasteiger charge is 2.12. The van der Waals surface area contributed by atoms with Crippen molar-refractivity contribution >= 4 is 0 Å². The maximum Gasteiger partial charge on any atom is 0.0599 e. The van der Waals surface area contributed by atoms with Crippen molar-refractivity contribution in [3.05, 3.63) is 0 Å². The molecule has 0 aromatic rings. The number of ether oxygens (including phenoxy) is 1. The summed E-state index contributed by atoms with van der Waals surface area (Å²) in [5.74, 6) is 0. The molecule has 1 N–H and O–H groups in total. The largest absolute Gasteiger partial charge is 0.378 e. The Morgan fingerprint density at radius 1 is 0.600 bits per heavy atom. The first-order chi connectivity index (χ1) is 12.4. The van der Waals surface area contributed by atoms with Crippen LogP contribution in [0.4, 0.5) is 0 Å². The van der Waals surface area contributed by atoms with E-state index in [1.165, 1.54) is 116 Å². The Hall–Kier alpha value is -0.0800. The van der Waals surface area contributed by atoms with Gasteiger partial charge < -0.3 is 10.1 Å². The van der Waals surface area contributed by atoms with E-state index < -0.39 is 0 Å². The fraction of sp³-hybridized carbons (Fsp3) is 1.00. The lowest BCUT2D eigenvalue weighted by atomic mass is 10.0. The van der Waals surface area contributed by atoms with E-state index >= 15 is 0 Å². The highest BCUT2D eigenvalue weighted by atomic mass is 16.5. The molecule has 1 rings (SSSR count). The number of rotatable bonds is 18. The van der Waals surface area contributed by atoms with Crippen LogP contribution in [0.25, 0.3) is 0 Å². The summed E-state index contributed by atoms with van der Waals surface area (Å²) in [5.41, 5.74) is 0. The van der Waals surface area contributed by atoms with Gasteiger partial charge in [0.25, 0.3) is 0 Å². The van der Waals surface area contributed by atoms with Gasteiger partial charge in [0.15, 0.2) is 0 Å². The number of piperidine rings is 1. The second-order valence-electron chi connectivity index (χ2n) is 8.12. The summed E-state index contributed by atoms with van der Waals surface area (Å²) in [6.45, 7) is 5.57. The average Bonchev–Trinajstić information content (AvgIpc) is 2.65. The highest BCUT2D eigenvalue weighted by Crippen LogP contribution is 2.14. The minimum atomic E-state index is 0.539. The van der Waals surface area contributed by atoms with Gasteiger partial charge in [0.2, 0.25) is 0 Å². The summed E-state index contributed by atoms with van der Waals surface area (Å²) in [7, 11) is 0. The Morgan fingerprint density at radius 2 is 1.00 bits per heavy atom. The lowest BCUT2D eigenvalue weighted by Gasteiger charge is -2.22. The quantitative estimate of drug-likeness (QED) is 0.267. The molecule has 0 aromatic carbocycles. The Balaban J connectivity index is 1.65. The predicted octanol–water partition coefficient (Wildman–Crippen LogP) is 7.02. The smallest absolute Gasteiger partial charge is 0.0599 e. The van der Waals surface area contributed by atoms with Crippen LogP contribution in [0.5, 0.6) is 0 Å². The average molecular weight is 354 g/mol. The van der Waals surface area contributed by atoms with E-state index in [-0.39, 0.29) is 0 Å². The normalized spacial score (nSPS) is 15.7. The number of unbranched alkanes of at least 4 members (excludes halogenated alkanes) is 15. The van der Waals surface area contributed by atoms with Gasteiger partial charge in [-0.3, -0.25) is 0 Å². The van der Waals surface area contributed by atoms with E-state index in [1.54, 1.807) is 0 Å². The molecule has 2 heteroatoms. The van der Waals surface area contributed by atoms with Crippen LogP contribution < -0.4 is 5.32 Å². The molecule has 0 bridgehead atoms. The monoisotopic (exact) mass is 353 g/mol. The Bertz CT molecular complexity index is 250. The summed E-state index contributed by atoms with van der Waals surface area (Å²) in [4.78, 5) is 0. The number of hydrogen-bond acceptors (Lipinski definition) is 2. The van der Waals surface area contributed by atoms with Crippen LogP contribution in [0.15, 0.2) is 0 Å². The SMILES string of the molecule is CCCCCCCCCCCCCCCCCCOC1CCNCC1. The van der Waals surface area contributed by atoms with E-state index in [1.807, 2.05) is 0 Å². The van der Waals surface area contributed by atoms with Crippen LogP contribution in [0, 0.1) is 0 Å². The minimum Gasteiger partial charge on any atom is -0.378 e. The first kappa shape index (κ1) is 23.0. The van der Waals surface area contributed by atoms with Crippen LogP contribution in [0.2, 0.25) is 0 Å². The molecule has 0 unspecified atom stereocenters. The molecule has 1 saturated heterocycles. The second kappa shape index (κ2) is 18.7. The molecule has 0 saturated carbocycles. The van der Waals surface area contributed by atoms with Gasteiger partial charge in [0.1, 0.15) is 0 Å². The van der Waals surface area contributed by atoms with E-state index in [4.69, 9.17) is 4.74 Å². The van der Waals surface area contributed by atoms with Crippen molar-refractivity contribution in [1.29, 1.82) is 0 Å². The molecule has 150 valence electrons. The van der Waals surface area contributed by atoms with Gasteiger partial charge in [-0.25, -0.2) is 0 Å². The molecule has 0 radical (unpaired) electrons. The maximum absolute atomic E-state index is 5.96. The Labute approximate surface area is 158 Å². The third-order valence-corrected chi connectivity index (χ3v) is 5.64. The lowest BCUT2D eigenvalue weighted by molar-refractivity contribution is 0.0307. The predicted molar refractivity (Wildman–Crippen MR) is 111 cm³/mol. The molecule has 2 nitrogen and oxygen atoms in total. The Kier molecular flexibility index (Phi) is 17.2. The van der Waals surface area contributed by atoms with Gasteiger partial charge in [-0.2, -0.15) is 0 Å². The van der Waals surface area contributed by atoms with Gasteiger partial charge in [0, 0.05) is 6.61 Å².